The third kappa shape index (κ3) is 1.98. The molecule has 8 heteroatoms. The summed E-state index contributed by atoms with van der Waals surface area (Å²) >= 11 is 0. The Morgan fingerprint density at radius 3 is 2.50 bits per heavy atom. The first-order valence-corrected chi connectivity index (χ1v) is 7.17. The maximum atomic E-state index is 12.6. The summed E-state index contributed by atoms with van der Waals surface area (Å²) in [5, 5.41) is 8.90. The minimum absolute atomic E-state index is 0.0540. The molecule has 118 valence electrons. The SMILES string of the molecule is Cc1nc2c(c(=O)n(CC3CC(C(=O)O)C3)c(=O)n2C)n1C. The van der Waals surface area contributed by atoms with Gasteiger partial charge in [0.05, 0.1) is 5.92 Å². The normalized spacial score (nSPS) is 21.0. The van der Waals surface area contributed by atoms with E-state index in [-0.39, 0.29) is 23.9 Å². The van der Waals surface area contributed by atoms with Crippen LogP contribution >= 0.6 is 0 Å². The summed E-state index contributed by atoms with van der Waals surface area (Å²) < 4.78 is 4.25. The number of aromatic nitrogens is 4. The molecule has 1 N–H and O–H groups in total. The molecule has 8 nitrogen and oxygen atoms in total. The molecule has 1 aliphatic carbocycles. The Morgan fingerprint density at radius 1 is 1.27 bits per heavy atom. The van der Waals surface area contributed by atoms with E-state index in [1.807, 2.05) is 0 Å². The summed E-state index contributed by atoms with van der Waals surface area (Å²) in [7, 11) is 3.33. The summed E-state index contributed by atoms with van der Waals surface area (Å²) in [6.45, 7) is 2.03. The van der Waals surface area contributed by atoms with Gasteiger partial charge >= 0.3 is 11.7 Å². The van der Waals surface area contributed by atoms with Crippen LogP contribution in [0.25, 0.3) is 11.2 Å². The van der Waals surface area contributed by atoms with Crippen molar-refractivity contribution in [2.45, 2.75) is 26.3 Å². The zero-order chi connectivity index (χ0) is 16.2. The van der Waals surface area contributed by atoms with Crippen LogP contribution in [-0.4, -0.2) is 29.8 Å². The fourth-order valence-corrected chi connectivity index (χ4v) is 3.06. The van der Waals surface area contributed by atoms with Gasteiger partial charge in [-0.2, -0.15) is 0 Å². The van der Waals surface area contributed by atoms with Gasteiger partial charge < -0.3 is 9.67 Å². The van der Waals surface area contributed by atoms with Gasteiger partial charge in [0.15, 0.2) is 11.2 Å². The van der Waals surface area contributed by atoms with Crippen molar-refractivity contribution in [3.63, 3.8) is 0 Å². The zero-order valence-electron chi connectivity index (χ0n) is 12.7. The monoisotopic (exact) mass is 306 g/mol. The Balaban J connectivity index is 2.04. The molecule has 0 radical (unpaired) electrons. The molecule has 1 fully saturated rings. The van der Waals surface area contributed by atoms with Crippen LogP contribution < -0.4 is 11.2 Å². The summed E-state index contributed by atoms with van der Waals surface area (Å²) in [5.41, 5.74) is 0.00586. The molecule has 0 amide bonds. The highest BCUT2D eigenvalue weighted by Gasteiger charge is 2.35. The molecule has 1 saturated carbocycles. The van der Waals surface area contributed by atoms with Crippen LogP contribution in [0.15, 0.2) is 9.59 Å². The van der Waals surface area contributed by atoms with E-state index in [4.69, 9.17) is 5.11 Å². The standard InChI is InChI=1S/C14H18N4O4/c1-7-15-11-10(16(7)2)12(19)18(14(22)17(11)3)6-8-4-9(5-8)13(20)21/h8-9H,4-6H2,1-3H3,(H,20,21). The number of hydrogen-bond acceptors (Lipinski definition) is 4. The molecule has 0 unspecified atom stereocenters. The summed E-state index contributed by atoms with van der Waals surface area (Å²) in [6, 6.07) is 0. The second-order valence-electron chi connectivity index (χ2n) is 6.02. The van der Waals surface area contributed by atoms with Crippen LogP contribution in [0.5, 0.6) is 0 Å². The summed E-state index contributed by atoms with van der Waals surface area (Å²) in [6.07, 6.45) is 1.01. The predicted molar refractivity (Wildman–Crippen MR) is 78.8 cm³/mol. The van der Waals surface area contributed by atoms with Crippen molar-refractivity contribution >= 4 is 17.1 Å². The van der Waals surface area contributed by atoms with E-state index in [0.29, 0.717) is 29.8 Å². The molecule has 3 rings (SSSR count). The first-order chi connectivity index (χ1) is 10.3. The summed E-state index contributed by atoms with van der Waals surface area (Å²) in [4.78, 5) is 40.1. The Labute approximate surface area is 125 Å². The minimum Gasteiger partial charge on any atom is -0.481 e. The molecule has 0 spiro atoms. The van der Waals surface area contributed by atoms with Crippen LogP contribution in [-0.2, 0) is 25.4 Å². The van der Waals surface area contributed by atoms with Crippen LogP contribution in [0.2, 0.25) is 0 Å². The van der Waals surface area contributed by atoms with Crippen molar-refractivity contribution in [1.82, 2.24) is 18.7 Å². The van der Waals surface area contributed by atoms with Crippen molar-refractivity contribution in [2.24, 2.45) is 25.9 Å². The quantitative estimate of drug-likeness (QED) is 0.850. The Kier molecular flexibility index (Phi) is 3.19. The molecular weight excluding hydrogens is 288 g/mol. The molecule has 2 heterocycles. The number of fused-ring (bicyclic) bond motifs is 1. The van der Waals surface area contributed by atoms with E-state index in [0.717, 1.165) is 0 Å². The fourth-order valence-electron chi connectivity index (χ4n) is 3.06. The fraction of sp³-hybridized carbons (Fsp3) is 0.571. The van der Waals surface area contributed by atoms with E-state index in [1.165, 1.54) is 9.13 Å². The lowest BCUT2D eigenvalue weighted by atomic mass is 9.75. The highest BCUT2D eigenvalue weighted by atomic mass is 16.4. The largest absolute Gasteiger partial charge is 0.481 e. The van der Waals surface area contributed by atoms with E-state index in [9.17, 15) is 14.4 Å². The Bertz CT molecular complexity index is 883. The van der Waals surface area contributed by atoms with Gasteiger partial charge in [-0.05, 0) is 25.7 Å². The van der Waals surface area contributed by atoms with Gasteiger partial charge in [0.1, 0.15) is 5.82 Å². The lowest BCUT2D eigenvalue weighted by Crippen LogP contribution is -2.43. The number of nitrogens with zero attached hydrogens (tertiary/aromatic N) is 4. The summed E-state index contributed by atoms with van der Waals surface area (Å²) in [5.74, 6) is -0.450. The predicted octanol–water partition coefficient (Wildman–Crippen LogP) is -0.147. The molecule has 2 aromatic heterocycles. The Morgan fingerprint density at radius 2 is 1.91 bits per heavy atom. The lowest BCUT2D eigenvalue weighted by molar-refractivity contribution is -0.146. The smallest absolute Gasteiger partial charge is 0.332 e. The van der Waals surface area contributed by atoms with Gasteiger partial charge in [0.2, 0.25) is 0 Å². The van der Waals surface area contributed by atoms with Gasteiger partial charge in [-0.3, -0.25) is 18.7 Å². The van der Waals surface area contributed by atoms with Crippen LogP contribution in [0, 0.1) is 18.8 Å². The van der Waals surface area contributed by atoms with Gasteiger partial charge in [-0.1, -0.05) is 0 Å². The van der Waals surface area contributed by atoms with E-state index in [2.05, 4.69) is 4.98 Å². The lowest BCUT2D eigenvalue weighted by Gasteiger charge is -2.32. The average Bonchev–Trinajstić information content (AvgIpc) is 2.70. The second kappa shape index (κ2) is 4.82. The minimum atomic E-state index is -0.811. The Hall–Kier alpha value is -2.38. The number of hydrogen-bond donors (Lipinski definition) is 1. The molecule has 2 aromatic rings. The van der Waals surface area contributed by atoms with E-state index >= 15 is 0 Å². The van der Waals surface area contributed by atoms with Gasteiger partial charge in [-0.15, -0.1) is 0 Å². The number of aliphatic carboxylic acids is 1. The van der Waals surface area contributed by atoms with Crippen molar-refractivity contribution in [2.75, 3.05) is 0 Å². The van der Waals surface area contributed by atoms with Crippen molar-refractivity contribution in [1.29, 1.82) is 0 Å². The van der Waals surface area contributed by atoms with E-state index in [1.54, 1.807) is 25.6 Å². The van der Waals surface area contributed by atoms with Crippen molar-refractivity contribution in [3.05, 3.63) is 26.7 Å². The van der Waals surface area contributed by atoms with Gasteiger partial charge in [-0.25, -0.2) is 9.78 Å². The van der Waals surface area contributed by atoms with Crippen LogP contribution in [0.1, 0.15) is 18.7 Å². The third-order valence-corrected chi connectivity index (χ3v) is 4.61. The van der Waals surface area contributed by atoms with Crippen molar-refractivity contribution < 1.29 is 9.90 Å². The maximum absolute atomic E-state index is 12.6. The highest BCUT2D eigenvalue weighted by molar-refractivity contribution is 5.71. The number of carboxylic acid groups (broad SMARTS) is 1. The van der Waals surface area contributed by atoms with Crippen molar-refractivity contribution in [3.8, 4) is 0 Å². The number of carbonyl (C=O) groups is 1. The van der Waals surface area contributed by atoms with Crippen LogP contribution in [0.3, 0.4) is 0 Å². The van der Waals surface area contributed by atoms with Gasteiger partial charge in [0, 0.05) is 20.6 Å². The maximum Gasteiger partial charge on any atom is 0.332 e. The number of imidazole rings is 1. The zero-order valence-corrected chi connectivity index (χ0v) is 12.7. The first-order valence-electron chi connectivity index (χ1n) is 7.17. The van der Waals surface area contributed by atoms with Gasteiger partial charge in [0.25, 0.3) is 5.56 Å². The third-order valence-electron chi connectivity index (χ3n) is 4.61. The molecule has 0 bridgehead atoms. The molecule has 0 atom stereocenters. The van der Waals surface area contributed by atoms with E-state index < -0.39 is 11.7 Å². The number of rotatable bonds is 3. The van der Waals surface area contributed by atoms with Crippen LogP contribution in [0.4, 0.5) is 0 Å². The number of carboxylic acids is 1. The molecule has 0 saturated heterocycles. The molecule has 0 aliphatic heterocycles. The molecule has 1 aliphatic rings. The molecule has 0 aromatic carbocycles. The molecule has 22 heavy (non-hydrogen) atoms. The topological polar surface area (TPSA) is 99.1 Å². The first kappa shape index (κ1) is 14.6. The molecular formula is C14H18N4O4. The highest BCUT2D eigenvalue weighted by Crippen LogP contribution is 2.34. The second-order valence-corrected chi connectivity index (χ2v) is 6.02. The average molecular weight is 306 g/mol. The number of aryl methyl sites for hydroxylation is 3.